The summed E-state index contributed by atoms with van der Waals surface area (Å²) in [7, 11) is 1.45. The van der Waals surface area contributed by atoms with Gasteiger partial charge >= 0.3 is 11.9 Å². The quantitative estimate of drug-likeness (QED) is 0.744. The van der Waals surface area contributed by atoms with Gasteiger partial charge in [-0.2, -0.15) is 18.3 Å². The normalized spacial score (nSPS) is 11.6. The van der Waals surface area contributed by atoms with Crippen LogP contribution in [0.2, 0.25) is 5.02 Å². The molecule has 3 rings (SSSR count). The number of rotatable bonds is 4. The molecule has 0 amide bonds. The lowest BCUT2D eigenvalue weighted by Crippen LogP contribution is -2.18. The monoisotopic (exact) mass is 383 g/mol. The smallest absolute Gasteiger partial charge is 0.416 e. The number of methoxy groups -OCH3 is 1. The molecule has 0 fully saturated rings. The van der Waals surface area contributed by atoms with Gasteiger partial charge in [-0.05, 0) is 35.9 Å². The van der Waals surface area contributed by atoms with Crippen LogP contribution in [0.25, 0.3) is 5.69 Å². The number of nitrogens with one attached hydrogen (secondary N) is 1. The zero-order valence-corrected chi connectivity index (χ0v) is 14.2. The first-order valence-electron chi connectivity index (χ1n) is 7.46. The lowest BCUT2D eigenvalue weighted by molar-refractivity contribution is -0.137. The molecule has 5 nitrogen and oxygen atoms in total. The van der Waals surface area contributed by atoms with Crippen molar-refractivity contribution in [2.24, 2.45) is 0 Å². The summed E-state index contributed by atoms with van der Waals surface area (Å²) in [5.74, 6) is 0.724. The number of aromatic amines is 1. The van der Waals surface area contributed by atoms with Gasteiger partial charge < -0.3 is 4.74 Å². The Morgan fingerprint density at radius 3 is 2.50 bits per heavy atom. The lowest BCUT2D eigenvalue weighted by atomic mass is 10.1. The van der Waals surface area contributed by atoms with Crippen molar-refractivity contribution in [2.75, 3.05) is 7.11 Å². The fourth-order valence-electron chi connectivity index (χ4n) is 2.53. The number of ether oxygens (including phenoxy) is 1. The van der Waals surface area contributed by atoms with E-state index in [1.165, 1.54) is 23.8 Å². The molecule has 0 radical (unpaired) electrons. The van der Waals surface area contributed by atoms with E-state index in [4.69, 9.17) is 16.3 Å². The topological polar surface area (TPSA) is 59.9 Å². The molecule has 136 valence electrons. The van der Waals surface area contributed by atoms with E-state index >= 15 is 0 Å². The molecule has 1 N–H and O–H groups in total. The molecule has 3 aromatic rings. The molecule has 0 spiro atoms. The van der Waals surface area contributed by atoms with Crippen LogP contribution in [0, 0.1) is 0 Å². The third kappa shape index (κ3) is 3.60. The molecule has 0 aliphatic rings. The number of nitrogens with zero attached hydrogens (tertiary/aromatic N) is 2. The van der Waals surface area contributed by atoms with Gasteiger partial charge in [0.1, 0.15) is 11.6 Å². The highest BCUT2D eigenvalue weighted by molar-refractivity contribution is 6.30. The standard InChI is InChI=1S/C17H13ClF3N3O2/c1-26-14-7-6-12(18)9-13(14)24-15(22-23-16(24)25)8-10-2-4-11(5-3-10)17(19,20)21/h2-7,9H,8H2,1H3,(H,23,25). The largest absolute Gasteiger partial charge is 0.495 e. The van der Waals surface area contributed by atoms with Crippen molar-refractivity contribution in [1.82, 2.24) is 14.8 Å². The lowest BCUT2D eigenvalue weighted by Gasteiger charge is -2.11. The van der Waals surface area contributed by atoms with E-state index < -0.39 is 17.4 Å². The van der Waals surface area contributed by atoms with Crippen LogP contribution in [-0.4, -0.2) is 21.9 Å². The first-order valence-corrected chi connectivity index (χ1v) is 7.83. The molecule has 9 heteroatoms. The summed E-state index contributed by atoms with van der Waals surface area (Å²) in [6, 6.07) is 9.45. The SMILES string of the molecule is COc1ccc(Cl)cc1-n1c(Cc2ccc(C(F)(F)F)cc2)n[nH]c1=O. The van der Waals surface area contributed by atoms with E-state index in [1.807, 2.05) is 0 Å². The number of hydrogen-bond acceptors (Lipinski definition) is 3. The third-order valence-corrected chi connectivity index (χ3v) is 4.00. The number of benzene rings is 2. The summed E-state index contributed by atoms with van der Waals surface area (Å²) in [6.07, 6.45) is -4.26. The van der Waals surface area contributed by atoms with Crippen LogP contribution in [0.1, 0.15) is 17.0 Å². The van der Waals surface area contributed by atoms with Crippen LogP contribution < -0.4 is 10.4 Å². The fourth-order valence-corrected chi connectivity index (χ4v) is 2.69. The van der Waals surface area contributed by atoms with Crippen molar-refractivity contribution in [2.45, 2.75) is 12.6 Å². The van der Waals surface area contributed by atoms with Gasteiger partial charge in [0.15, 0.2) is 0 Å². The average molecular weight is 384 g/mol. The molecule has 0 saturated heterocycles. The average Bonchev–Trinajstić information content (AvgIpc) is 2.94. The molecule has 26 heavy (non-hydrogen) atoms. The van der Waals surface area contributed by atoms with Crippen molar-refractivity contribution in [3.63, 3.8) is 0 Å². The Kier molecular flexibility index (Phi) is 4.78. The predicted octanol–water partition coefficient (Wildman–Crippen LogP) is 3.83. The highest BCUT2D eigenvalue weighted by Crippen LogP contribution is 2.30. The highest BCUT2D eigenvalue weighted by atomic mass is 35.5. The highest BCUT2D eigenvalue weighted by Gasteiger charge is 2.30. The van der Waals surface area contributed by atoms with Crippen LogP contribution >= 0.6 is 11.6 Å². The molecule has 1 heterocycles. The van der Waals surface area contributed by atoms with Crippen molar-refractivity contribution in [3.8, 4) is 11.4 Å². The molecule has 1 aromatic heterocycles. The van der Waals surface area contributed by atoms with E-state index in [2.05, 4.69) is 10.2 Å². The van der Waals surface area contributed by atoms with Crippen LogP contribution in [0.3, 0.4) is 0 Å². The molecule has 0 aliphatic carbocycles. The van der Waals surface area contributed by atoms with Crippen LogP contribution in [-0.2, 0) is 12.6 Å². The van der Waals surface area contributed by atoms with Gasteiger partial charge in [-0.15, -0.1) is 0 Å². The first kappa shape index (κ1) is 18.1. The number of alkyl halides is 3. The third-order valence-electron chi connectivity index (χ3n) is 3.77. The summed E-state index contributed by atoms with van der Waals surface area (Å²) in [5.41, 5.74) is -0.287. The number of halogens is 4. The van der Waals surface area contributed by atoms with E-state index in [0.717, 1.165) is 12.1 Å². The molecule has 0 aliphatic heterocycles. The zero-order chi connectivity index (χ0) is 18.9. The molecule has 0 saturated carbocycles. The Labute approximate surface area is 151 Å². The minimum absolute atomic E-state index is 0.145. The van der Waals surface area contributed by atoms with Gasteiger partial charge in [0.05, 0.1) is 18.4 Å². The summed E-state index contributed by atoms with van der Waals surface area (Å²) in [4.78, 5) is 12.2. The maximum Gasteiger partial charge on any atom is 0.416 e. The second kappa shape index (κ2) is 6.87. The zero-order valence-electron chi connectivity index (χ0n) is 13.5. The van der Waals surface area contributed by atoms with Gasteiger partial charge in [0, 0.05) is 11.4 Å². The Morgan fingerprint density at radius 2 is 1.88 bits per heavy atom. The molecule has 2 aromatic carbocycles. The Morgan fingerprint density at radius 1 is 1.19 bits per heavy atom. The summed E-state index contributed by atoms with van der Waals surface area (Å²) in [5, 5.41) is 6.71. The Hall–Kier alpha value is -2.74. The summed E-state index contributed by atoms with van der Waals surface area (Å²) >= 11 is 6.01. The van der Waals surface area contributed by atoms with E-state index in [0.29, 0.717) is 27.8 Å². The van der Waals surface area contributed by atoms with Gasteiger partial charge in [-0.25, -0.2) is 14.5 Å². The number of hydrogen-bond donors (Lipinski definition) is 1. The summed E-state index contributed by atoms with van der Waals surface area (Å²) < 4.78 is 44.5. The second-order valence-electron chi connectivity index (χ2n) is 5.47. The number of H-pyrrole nitrogens is 1. The molecule has 0 bridgehead atoms. The van der Waals surface area contributed by atoms with Crippen molar-refractivity contribution >= 4 is 11.6 Å². The molecular weight excluding hydrogens is 371 g/mol. The van der Waals surface area contributed by atoms with E-state index in [1.54, 1.807) is 18.2 Å². The van der Waals surface area contributed by atoms with Crippen LogP contribution in [0.4, 0.5) is 13.2 Å². The number of aromatic nitrogens is 3. The second-order valence-corrected chi connectivity index (χ2v) is 5.90. The predicted molar refractivity (Wildman–Crippen MR) is 90.0 cm³/mol. The molecule has 0 unspecified atom stereocenters. The van der Waals surface area contributed by atoms with Crippen molar-refractivity contribution in [3.05, 3.63) is 74.9 Å². The van der Waals surface area contributed by atoms with Crippen molar-refractivity contribution < 1.29 is 17.9 Å². The van der Waals surface area contributed by atoms with Gasteiger partial charge in [-0.3, -0.25) is 0 Å². The minimum Gasteiger partial charge on any atom is -0.495 e. The summed E-state index contributed by atoms with van der Waals surface area (Å²) in [6.45, 7) is 0. The fraction of sp³-hybridized carbons (Fsp3) is 0.176. The first-order chi connectivity index (χ1) is 12.3. The van der Waals surface area contributed by atoms with Crippen molar-refractivity contribution in [1.29, 1.82) is 0 Å². The van der Waals surface area contributed by atoms with Gasteiger partial charge in [0.2, 0.25) is 0 Å². The van der Waals surface area contributed by atoms with Gasteiger partial charge in [0.25, 0.3) is 0 Å². The Bertz CT molecular complexity index is 978. The van der Waals surface area contributed by atoms with Crippen LogP contribution in [0.15, 0.2) is 47.3 Å². The van der Waals surface area contributed by atoms with E-state index in [-0.39, 0.29) is 6.42 Å². The molecule has 0 atom stereocenters. The van der Waals surface area contributed by atoms with E-state index in [9.17, 15) is 18.0 Å². The molecular formula is C17H13ClF3N3O2. The maximum atomic E-state index is 12.7. The maximum absolute atomic E-state index is 12.7. The van der Waals surface area contributed by atoms with Crippen LogP contribution in [0.5, 0.6) is 5.75 Å². The Balaban J connectivity index is 1.99. The minimum atomic E-state index is -4.40. The van der Waals surface area contributed by atoms with Gasteiger partial charge in [-0.1, -0.05) is 23.7 Å².